The van der Waals surface area contributed by atoms with Crippen molar-refractivity contribution in [3.8, 4) is 11.5 Å². The van der Waals surface area contributed by atoms with Crippen molar-refractivity contribution in [3.63, 3.8) is 0 Å². The first kappa shape index (κ1) is 19.1. The van der Waals surface area contributed by atoms with Gasteiger partial charge in [0.2, 0.25) is 0 Å². The smallest absolute Gasteiger partial charge is 0.269 e. The summed E-state index contributed by atoms with van der Waals surface area (Å²) in [7, 11) is 0. The van der Waals surface area contributed by atoms with Gasteiger partial charge in [-0.25, -0.2) is 4.39 Å². The Morgan fingerprint density at radius 3 is 2.86 bits per heavy atom. The number of benzene rings is 2. The number of hydrogen-bond acceptors (Lipinski definition) is 6. The van der Waals surface area contributed by atoms with Gasteiger partial charge in [0.25, 0.3) is 11.8 Å². The lowest BCUT2D eigenvalue weighted by atomic mass is 10.1. The van der Waals surface area contributed by atoms with Gasteiger partial charge in [-0.15, -0.1) is 0 Å². The summed E-state index contributed by atoms with van der Waals surface area (Å²) in [5.41, 5.74) is 1.82. The molecular weight excluding hydrogens is 399 g/mol. The van der Waals surface area contributed by atoms with Gasteiger partial charge < -0.3 is 14.7 Å². The molecule has 0 fully saturated rings. The van der Waals surface area contributed by atoms with E-state index in [2.05, 4.69) is 20.6 Å². The van der Waals surface area contributed by atoms with Gasteiger partial charge in [0.05, 0.1) is 6.42 Å². The van der Waals surface area contributed by atoms with Crippen molar-refractivity contribution in [3.05, 3.63) is 70.8 Å². The third-order valence-electron chi connectivity index (χ3n) is 4.31. The zero-order valence-corrected chi connectivity index (χ0v) is 15.9. The Hall–Kier alpha value is -3.26. The van der Waals surface area contributed by atoms with Crippen molar-refractivity contribution < 1.29 is 18.5 Å². The van der Waals surface area contributed by atoms with Crippen molar-refractivity contribution >= 4 is 23.2 Å². The lowest BCUT2D eigenvalue weighted by Crippen LogP contribution is -2.30. The molecule has 3 aromatic rings. The van der Waals surface area contributed by atoms with E-state index in [9.17, 15) is 9.18 Å². The molecule has 0 unspecified atom stereocenters. The molecule has 0 saturated carbocycles. The maximum absolute atomic E-state index is 13.0. The standard InChI is InChI=1S/C20H16ClFN4O3/c21-14-3-1-2-12(8-14)11-23-19(27)17-9-16(28-25-17)10-18-24-20(29-26-18)13-4-6-15(22)7-5-13/h1-8,16H,9-11H2,(H,23,27)/t16-/m0/s1. The first-order chi connectivity index (χ1) is 14.1. The van der Waals surface area contributed by atoms with Crippen LogP contribution < -0.4 is 5.32 Å². The highest BCUT2D eigenvalue weighted by molar-refractivity contribution is 6.39. The zero-order valence-electron chi connectivity index (χ0n) is 15.1. The van der Waals surface area contributed by atoms with Gasteiger partial charge in [-0.2, -0.15) is 4.98 Å². The van der Waals surface area contributed by atoms with Crippen LogP contribution in [0.3, 0.4) is 0 Å². The van der Waals surface area contributed by atoms with Crippen LogP contribution >= 0.6 is 11.6 Å². The van der Waals surface area contributed by atoms with Crippen LogP contribution in [0.15, 0.2) is 58.2 Å². The van der Waals surface area contributed by atoms with Crippen molar-refractivity contribution in [1.29, 1.82) is 0 Å². The van der Waals surface area contributed by atoms with Crippen LogP contribution in [0.5, 0.6) is 0 Å². The molecule has 1 aliphatic heterocycles. The van der Waals surface area contributed by atoms with Gasteiger partial charge in [-0.05, 0) is 42.0 Å². The van der Waals surface area contributed by atoms with Crippen molar-refractivity contribution in [1.82, 2.24) is 15.5 Å². The summed E-state index contributed by atoms with van der Waals surface area (Å²) in [6, 6.07) is 13.0. The summed E-state index contributed by atoms with van der Waals surface area (Å²) in [4.78, 5) is 21.9. The Morgan fingerprint density at radius 2 is 2.07 bits per heavy atom. The van der Waals surface area contributed by atoms with Crippen LogP contribution in [0.25, 0.3) is 11.5 Å². The predicted octanol–water partition coefficient (Wildman–Crippen LogP) is 3.53. The molecular formula is C20H16ClFN4O3. The SMILES string of the molecule is O=C(NCc1cccc(Cl)c1)C1=NO[C@H](Cc2noc(-c3ccc(F)cc3)n2)C1. The van der Waals surface area contributed by atoms with Crippen LogP contribution in [0.1, 0.15) is 17.8 Å². The summed E-state index contributed by atoms with van der Waals surface area (Å²) in [5.74, 6) is 0.0715. The van der Waals surface area contributed by atoms with E-state index in [0.717, 1.165) is 5.56 Å². The number of carbonyl (C=O) groups is 1. The van der Waals surface area contributed by atoms with Crippen LogP contribution in [0, 0.1) is 5.82 Å². The Bertz CT molecular complexity index is 1050. The fourth-order valence-corrected chi connectivity index (χ4v) is 3.07. The summed E-state index contributed by atoms with van der Waals surface area (Å²) in [6.07, 6.45) is 0.307. The van der Waals surface area contributed by atoms with E-state index < -0.39 is 0 Å². The second-order valence-corrected chi connectivity index (χ2v) is 6.95. The second kappa shape index (κ2) is 8.40. The van der Waals surface area contributed by atoms with E-state index in [1.165, 1.54) is 12.1 Å². The number of oxime groups is 1. The largest absolute Gasteiger partial charge is 0.391 e. The topological polar surface area (TPSA) is 89.6 Å². The molecule has 0 spiro atoms. The number of aromatic nitrogens is 2. The van der Waals surface area contributed by atoms with E-state index >= 15 is 0 Å². The molecule has 0 saturated heterocycles. The number of nitrogens with one attached hydrogen (secondary N) is 1. The van der Waals surface area contributed by atoms with E-state index in [1.807, 2.05) is 12.1 Å². The fourth-order valence-electron chi connectivity index (χ4n) is 2.85. The molecule has 0 aliphatic carbocycles. The Labute approximate surface area is 170 Å². The summed E-state index contributed by atoms with van der Waals surface area (Å²) < 4.78 is 18.2. The van der Waals surface area contributed by atoms with Gasteiger partial charge in [-0.1, -0.05) is 34.0 Å². The van der Waals surface area contributed by atoms with E-state index in [1.54, 1.807) is 24.3 Å². The van der Waals surface area contributed by atoms with E-state index in [4.69, 9.17) is 21.0 Å². The average Bonchev–Trinajstić information content (AvgIpc) is 3.37. The first-order valence-corrected chi connectivity index (χ1v) is 9.28. The average molecular weight is 415 g/mol. The van der Waals surface area contributed by atoms with Gasteiger partial charge >= 0.3 is 0 Å². The summed E-state index contributed by atoms with van der Waals surface area (Å²) in [6.45, 7) is 0.342. The van der Waals surface area contributed by atoms with Crippen LogP contribution in [0.4, 0.5) is 4.39 Å². The second-order valence-electron chi connectivity index (χ2n) is 6.51. The number of nitrogens with zero attached hydrogens (tertiary/aromatic N) is 3. The van der Waals surface area contributed by atoms with Gasteiger partial charge in [0.1, 0.15) is 17.6 Å². The molecule has 9 heteroatoms. The first-order valence-electron chi connectivity index (χ1n) is 8.90. The van der Waals surface area contributed by atoms with Crippen molar-refractivity contribution in [2.24, 2.45) is 5.16 Å². The maximum atomic E-state index is 13.0. The molecule has 0 radical (unpaired) electrons. The van der Waals surface area contributed by atoms with Crippen molar-refractivity contribution in [2.45, 2.75) is 25.5 Å². The highest BCUT2D eigenvalue weighted by Gasteiger charge is 2.27. The van der Waals surface area contributed by atoms with E-state index in [-0.39, 0.29) is 17.8 Å². The number of rotatable bonds is 6. The molecule has 4 rings (SSSR count). The van der Waals surface area contributed by atoms with Crippen LogP contribution in [-0.2, 0) is 22.6 Å². The Kier molecular flexibility index (Phi) is 5.53. The van der Waals surface area contributed by atoms with Gasteiger partial charge in [0.15, 0.2) is 5.82 Å². The minimum atomic E-state index is -0.361. The number of amides is 1. The number of hydrogen-bond donors (Lipinski definition) is 1. The molecule has 0 bridgehead atoms. The Morgan fingerprint density at radius 1 is 1.24 bits per heavy atom. The molecule has 1 N–H and O–H groups in total. The predicted molar refractivity (Wildman–Crippen MR) is 104 cm³/mol. The fraction of sp³-hybridized carbons (Fsp3) is 0.200. The minimum Gasteiger partial charge on any atom is -0.391 e. The molecule has 1 aromatic heterocycles. The minimum absolute atomic E-state index is 0.290. The quantitative estimate of drug-likeness (QED) is 0.666. The van der Waals surface area contributed by atoms with E-state index in [0.29, 0.717) is 47.4 Å². The Balaban J connectivity index is 1.29. The molecule has 1 aliphatic rings. The third kappa shape index (κ3) is 4.78. The van der Waals surface area contributed by atoms with Crippen LogP contribution in [-0.4, -0.2) is 27.9 Å². The zero-order chi connectivity index (χ0) is 20.2. The maximum Gasteiger partial charge on any atom is 0.269 e. The number of carbonyl (C=O) groups excluding carboxylic acids is 1. The lowest BCUT2D eigenvalue weighted by molar-refractivity contribution is -0.115. The monoisotopic (exact) mass is 414 g/mol. The molecule has 148 valence electrons. The highest BCUT2D eigenvalue weighted by atomic mass is 35.5. The summed E-state index contributed by atoms with van der Waals surface area (Å²) >= 11 is 5.94. The molecule has 2 heterocycles. The third-order valence-corrected chi connectivity index (χ3v) is 4.54. The lowest BCUT2D eigenvalue weighted by Gasteiger charge is -2.05. The highest BCUT2D eigenvalue weighted by Crippen LogP contribution is 2.20. The molecule has 1 atom stereocenters. The van der Waals surface area contributed by atoms with Crippen LogP contribution in [0.2, 0.25) is 5.02 Å². The number of halogens is 2. The molecule has 29 heavy (non-hydrogen) atoms. The molecule has 1 amide bonds. The van der Waals surface area contributed by atoms with Crippen molar-refractivity contribution in [2.75, 3.05) is 0 Å². The normalized spacial score (nSPS) is 15.7. The summed E-state index contributed by atoms with van der Waals surface area (Å²) in [5, 5.41) is 11.2. The van der Waals surface area contributed by atoms with Gasteiger partial charge in [0, 0.05) is 23.6 Å². The molecule has 2 aromatic carbocycles. The molecule has 7 nitrogen and oxygen atoms in total. The van der Waals surface area contributed by atoms with Gasteiger partial charge in [-0.3, -0.25) is 4.79 Å².